The SMILES string of the molecule is O=C(CCNS(=O)(=O)c1cccs1)NC1(CO)CCCC1. The Morgan fingerprint density at radius 3 is 2.67 bits per heavy atom. The van der Waals surface area contributed by atoms with Crippen molar-refractivity contribution in [3.63, 3.8) is 0 Å². The molecular weight excluding hydrogens is 312 g/mol. The lowest BCUT2D eigenvalue weighted by Crippen LogP contribution is -2.49. The van der Waals surface area contributed by atoms with Crippen LogP contribution in [0.15, 0.2) is 21.7 Å². The van der Waals surface area contributed by atoms with Crippen LogP contribution in [0.1, 0.15) is 32.1 Å². The summed E-state index contributed by atoms with van der Waals surface area (Å²) in [5.74, 6) is -0.236. The van der Waals surface area contributed by atoms with Crippen molar-refractivity contribution in [1.29, 1.82) is 0 Å². The Labute approximate surface area is 128 Å². The Morgan fingerprint density at radius 2 is 2.10 bits per heavy atom. The average molecular weight is 332 g/mol. The van der Waals surface area contributed by atoms with Crippen LogP contribution in [0.4, 0.5) is 0 Å². The summed E-state index contributed by atoms with van der Waals surface area (Å²) >= 11 is 1.13. The molecule has 1 aliphatic carbocycles. The number of hydrogen-bond donors (Lipinski definition) is 3. The zero-order valence-corrected chi connectivity index (χ0v) is 13.3. The number of nitrogens with one attached hydrogen (secondary N) is 2. The molecule has 1 amide bonds. The molecule has 1 aromatic heterocycles. The van der Waals surface area contributed by atoms with Gasteiger partial charge in [-0.15, -0.1) is 11.3 Å². The van der Waals surface area contributed by atoms with Crippen molar-refractivity contribution >= 4 is 27.3 Å². The summed E-state index contributed by atoms with van der Waals surface area (Å²) in [7, 11) is -3.52. The second-order valence-electron chi connectivity index (χ2n) is 5.27. The van der Waals surface area contributed by atoms with E-state index in [4.69, 9.17) is 0 Å². The minimum atomic E-state index is -3.52. The lowest BCUT2D eigenvalue weighted by atomic mass is 9.99. The van der Waals surface area contributed by atoms with Gasteiger partial charge in [0.2, 0.25) is 15.9 Å². The number of carbonyl (C=O) groups excluding carboxylic acids is 1. The van der Waals surface area contributed by atoms with E-state index in [0.717, 1.165) is 37.0 Å². The van der Waals surface area contributed by atoms with Crippen molar-refractivity contribution in [2.75, 3.05) is 13.2 Å². The highest BCUT2D eigenvalue weighted by Gasteiger charge is 2.34. The number of aliphatic hydroxyl groups is 1. The van der Waals surface area contributed by atoms with E-state index in [1.54, 1.807) is 11.4 Å². The van der Waals surface area contributed by atoms with Crippen LogP contribution in [0.25, 0.3) is 0 Å². The van der Waals surface area contributed by atoms with Gasteiger partial charge >= 0.3 is 0 Å². The van der Waals surface area contributed by atoms with Gasteiger partial charge in [-0.05, 0) is 24.3 Å². The van der Waals surface area contributed by atoms with Crippen molar-refractivity contribution in [3.8, 4) is 0 Å². The highest BCUT2D eigenvalue weighted by atomic mass is 32.2. The first-order chi connectivity index (χ1) is 9.97. The van der Waals surface area contributed by atoms with Crippen LogP contribution in [0, 0.1) is 0 Å². The molecule has 1 aliphatic rings. The Hall–Kier alpha value is -0.960. The molecule has 3 N–H and O–H groups in total. The fraction of sp³-hybridized carbons (Fsp3) is 0.615. The molecule has 6 nitrogen and oxygen atoms in total. The van der Waals surface area contributed by atoms with Gasteiger partial charge in [0.15, 0.2) is 0 Å². The quantitative estimate of drug-likeness (QED) is 0.689. The van der Waals surface area contributed by atoms with Crippen molar-refractivity contribution < 1.29 is 18.3 Å². The number of amides is 1. The molecule has 2 rings (SSSR count). The molecule has 1 fully saturated rings. The van der Waals surface area contributed by atoms with E-state index in [0.29, 0.717) is 0 Å². The first kappa shape index (κ1) is 16.4. The highest BCUT2D eigenvalue weighted by Crippen LogP contribution is 2.29. The molecule has 0 spiro atoms. The Kier molecular flexibility index (Phi) is 5.37. The summed E-state index contributed by atoms with van der Waals surface area (Å²) in [4.78, 5) is 11.9. The number of hydrogen-bond acceptors (Lipinski definition) is 5. The van der Waals surface area contributed by atoms with Gasteiger partial charge in [0.25, 0.3) is 0 Å². The van der Waals surface area contributed by atoms with Gasteiger partial charge in [-0.2, -0.15) is 0 Å². The van der Waals surface area contributed by atoms with Gasteiger partial charge in [0, 0.05) is 13.0 Å². The summed E-state index contributed by atoms with van der Waals surface area (Å²) < 4.78 is 26.4. The second kappa shape index (κ2) is 6.87. The predicted molar refractivity (Wildman–Crippen MR) is 80.6 cm³/mol. The van der Waals surface area contributed by atoms with Crippen molar-refractivity contribution in [2.45, 2.75) is 41.9 Å². The van der Waals surface area contributed by atoms with E-state index in [-0.39, 0.29) is 29.7 Å². The molecule has 1 saturated carbocycles. The van der Waals surface area contributed by atoms with Gasteiger partial charge in [-0.1, -0.05) is 18.9 Å². The maximum Gasteiger partial charge on any atom is 0.250 e. The molecule has 0 saturated heterocycles. The average Bonchev–Trinajstić information content (AvgIpc) is 3.10. The number of carbonyl (C=O) groups is 1. The standard InChI is InChI=1S/C13H20N2O4S2/c16-10-13(6-1-2-7-13)15-11(17)5-8-14-21(18,19)12-4-3-9-20-12/h3-4,9,14,16H,1-2,5-8,10H2,(H,15,17). The van der Waals surface area contributed by atoms with Crippen LogP contribution in [0.2, 0.25) is 0 Å². The van der Waals surface area contributed by atoms with E-state index in [2.05, 4.69) is 10.0 Å². The fourth-order valence-corrected chi connectivity index (χ4v) is 4.59. The lowest BCUT2D eigenvalue weighted by Gasteiger charge is -2.28. The third-order valence-corrected chi connectivity index (χ3v) is 6.53. The van der Waals surface area contributed by atoms with Gasteiger partial charge in [-0.3, -0.25) is 4.79 Å². The fourth-order valence-electron chi connectivity index (χ4n) is 2.52. The largest absolute Gasteiger partial charge is 0.394 e. The number of aliphatic hydroxyl groups excluding tert-OH is 1. The molecule has 1 heterocycles. The first-order valence-corrected chi connectivity index (χ1v) is 9.29. The summed E-state index contributed by atoms with van der Waals surface area (Å²) in [5.41, 5.74) is -0.510. The smallest absolute Gasteiger partial charge is 0.250 e. The van der Waals surface area contributed by atoms with Gasteiger partial charge in [0.1, 0.15) is 4.21 Å². The Balaban J connectivity index is 1.79. The normalized spacial score (nSPS) is 17.8. The van der Waals surface area contributed by atoms with Crippen LogP contribution < -0.4 is 10.0 Å². The molecule has 118 valence electrons. The summed E-state index contributed by atoms with van der Waals surface area (Å²) in [5, 5.41) is 13.9. The number of sulfonamides is 1. The Bertz CT molecular complexity index is 563. The third-order valence-electron chi connectivity index (χ3n) is 3.67. The van der Waals surface area contributed by atoms with Gasteiger partial charge < -0.3 is 10.4 Å². The molecule has 0 bridgehead atoms. The molecule has 0 atom stereocenters. The van der Waals surface area contributed by atoms with Crippen molar-refractivity contribution in [1.82, 2.24) is 10.0 Å². The van der Waals surface area contributed by atoms with E-state index < -0.39 is 15.6 Å². The zero-order valence-electron chi connectivity index (χ0n) is 11.7. The number of thiophene rings is 1. The topological polar surface area (TPSA) is 95.5 Å². The van der Waals surface area contributed by atoms with Crippen LogP contribution in [-0.2, 0) is 14.8 Å². The third kappa shape index (κ3) is 4.26. The minimum Gasteiger partial charge on any atom is -0.394 e. The molecule has 0 aliphatic heterocycles. The van der Waals surface area contributed by atoms with E-state index in [1.165, 1.54) is 6.07 Å². The predicted octanol–water partition coefficient (Wildman–Crippen LogP) is 0.838. The van der Waals surface area contributed by atoms with Crippen LogP contribution in [0.5, 0.6) is 0 Å². The maximum atomic E-state index is 11.9. The lowest BCUT2D eigenvalue weighted by molar-refractivity contribution is -0.123. The van der Waals surface area contributed by atoms with Gasteiger partial charge in [-0.25, -0.2) is 13.1 Å². The first-order valence-electron chi connectivity index (χ1n) is 6.92. The molecule has 1 aromatic rings. The van der Waals surface area contributed by atoms with Crippen molar-refractivity contribution in [3.05, 3.63) is 17.5 Å². The summed E-state index contributed by atoms with van der Waals surface area (Å²) in [6, 6.07) is 3.18. The monoisotopic (exact) mass is 332 g/mol. The Morgan fingerprint density at radius 1 is 1.38 bits per heavy atom. The highest BCUT2D eigenvalue weighted by molar-refractivity contribution is 7.91. The van der Waals surface area contributed by atoms with E-state index in [1.807, 2.05) is 0 Å². The minimum absolute atomic E-state index is 0.0492. The van der Waals surface area contributed by atoms with E-state index >= 15 is 0 Å². The second-order valence-corrected chi connectivity index (χ2v) is 8.22. The van der Waals surface area contributed by atoms with Crippen LogP contribution in [0.3, 0.4) is 0 Å². The molecule has 21 heavy (non-hydrogen) atoms. The molecule has 0 aromatic carbocycles. The van der Waals surface area contributed by atoms with E-state index in [9.17, 15) is 18.3 Å². The van der Waals surface area contributed by atoms with Crippen LogP contribution in [-0.4, -0.2) is 38.1 Å². The van der Waals surface area contributed by atoms with Crippen LogP contribution >= 0.6 is 11.3 Å². The maximum absolute atomic E-state index is 11.9. The number of rotatable bonds is 7. The molecule has 0 radical (unpaired) electrons. The van der Waals surface area contributed by atoms with Gasteiger partial charge in [0.05, 0.1) is 12.1 Å². The molecule has 8 heteroatoms. The molecule has 0 unspecified atom stereocenters. The van der Waals surface area contributed by atoms with Crippen molar-refractivity contribution in [2.24, 2.45) is 0 Å². The zero-order chi connectivity index (χ0) is 15.3. The summed E-state index contributed by atoms with van der Waals surface area (Å²) in [6.07, 6.45) is 3.59. The molecular formula is C13H20N2O4S2. The summed E-state index contributed by atoms with van der Waals surface area (Å²) in [6.45, 7) is -0.0206.